The number of amides is 2. The summed E-state index contributed by atoms with van der Waals surface area (Å²) in [6.45, 7) is 0.279. The van der Waals surface area contributed by atoms with Gasteiger partial charge in [-0.1, -0.05) is 35.9 Å². The molecule has 0 radical (unpaired) electrons. The first-order valence-electron chi connectivity index (χ1n) is 8.66. The molecule has 2 atom stereocenters. The molecule has 2 aromatic rings. The van der Waals surface area contributed by atoms with Crippen LogP contribution in [0.15, 0.2) is 42.5 Å². The van der Waals surface area contributed by atoms with Crippen molar-refractivity contribution in [3.05, 3.63) is 64.4 Å². The molecule has 1 aliphatic carbocycles. The van der Waals surface area contributed by atoms with Crippen LogP contribution in [-0.4, -0.2) is 18.4 Å². The van der Waals surface area contributed by atoms with Crippen LogP contribution < -0.4 is 10.2 Å². The molecule has 0 spiro atoms. The van der Waals surface area contributed by atoms with Crippen molar-refractivity contribution in [1.82, 2.24) is 5.32 Å². The van der Waals surface area contributed by atoms with E-state index in [-0.39, 0.29) is 35.8 Å². The second-order valence-corrected chi connectivity index (χ2v) is 7.21. The number of benzene rings is 2. The van der Waals surface area contributed by atoms with E-state index in [1.807, 2.05) is 18.2 Å². The summed E-state index contributed by atoms with van der Waals surface area (Å²) >= 11 is 5.81. The molecule has 1 aliphatic heterocycles. The van der Waals surface area contributed by atoms with Crippen molar-refractivity contribution in [2.75, 3.05) is 11.4 Å². The van der Waals surface area contributed by atoms with Gasteiger partial charge in [0.05, 0.1) is 17.0 Å². The average Bonchev–Trinajstić information content (AvgIpc) is 3.22. The molecular formula is C20H18ClFN2O2. The maximum absolute atomic E-state index is 13.3. The number of carbonyl (C=O) groups excluding carboxylic acids is 2. The first-order valence-corrected chi connectivity index (χ1v) is 9.04. The number of hydrogen-bond donors (Lipinski definition) is 1. The lowest BCUT2D eigenvalue weighted by Crippen LogP contribution is -2.34. The summed E-state index contributed by atoms with van der Waals surface area (Å²) in [6, 6.07) is 12.3. The Morgan fingerprint density at radius 3 is 2.85 bits per heavy atom. The Labute approximate surface area is 155 Å². The molecular weight excluding hydrogens is 355 g/mol. The zero-order valence-corrected chi connectivity index (χ0v) is 14.8. The predicted octanol–water partition coefficient (Wildman–Crippen LogP) is 3.64. The third kappa shape index (κ3) is 3.07. The zero-order chi connectivity index (χ0) is 18.3. The van der Waals surface area contributed by atoms with Crippen LogP contribution in [0.5, 0.6) is 0 Å². The Kier molecular flexibility index (Phi) is 4.41. The minimum absolute atomic E-state index is 0.00289. The molecule has 1 heterocycles. The quantitative estimate of drug-likeness (QED) is 0.894. The molecule has 2 amide bonds. The van der Waals surface area contributed by atoms with E-state index in [0.29, 0.717) is 5.69 Å². The maximum atomic E-state index is 13.3. The highest BCUT2D eigenvalue weighted by atomic mass is 35.5. The Hall–Kier alpha value is -2.40. The molecule has 1 N–H and O–H groups in total. The molecule has 1 fully saturated rings. The maximum Gasteiger partial charge on any atom is 0.227 e. The van der Waals surface area contributed by atoms with Gasteiger partial charge in [-0.05, 0) is 42.2 Å². The van der Waals surface area contributed by atoms with Crippen LogP contribution in [0, 0.1) is 11.7 Å². The SMILES string of the molecule is O=C(N[C@@H]1CCc2ccccc21)[C@H]1CC(=O)N(c2ccc(F)c(Cl)c2)C1. The van der Waals surface area contributed by atoms with Crippen LogP contribution in [0.2, 0.25) is 5.02 Å². The minimum Gasteiger partial charge on any atom is -0.349 e. The fraction of sp³-hybridized carbons (Fsp3) is 0.300. The Bertz CT molecular complexity index is 886. The van der Waals surface area contributed by atoms with Gasteiger partial charge in [0.1, 0.15) is 5.82 Å². The van der Waals surface area contributed by atoms with Crippen LogP contribution >= 0.6 is 11.6 Å². The van der Waals surface area contributed by atoms with Gasteiger partial charge in [0, 0.05) is 18.7 Å². The van der Waals surface area contributed by atoms with E-state index < -0.39 is 11.7 Å². The number of nitrogens with one attached hydrogen (secondary N) is 1. The highest BCUT2D eigenvalue weighted by molar-refractivity contribution is 6.31. The first-order chi connectivity index (χ1) is 12.5. The largest absolute Gasteiger partial charge is 0.349 e. The Balaban J connectivity index is 1.45. The lowest BCUT2D eigenvalue weighted by Gasteiger charge is -2.19. The number of fused-ring (bicyclic) bond motifs is 1. The van der Waals surface area contributed by atoms with E-state index in [0.717, 1.165) is 18.4 Å². The first kappa shape index (κ1) is 17.0. The van der Waals surface area contributed by atoms with Crippen LogP contribution in [0.25, 0.3) is 0 Å². The summed E-state index contributed by atoms with van der Waals surface area (Å²) in [4.78, 5) is 26.5. The predicted molar refractivity (Wildman–Crippen MR) is 97.5 cm³/mol. The summed E-state index contributed by atoms with van der Waals surface area (Å²) in [5.41, 5.74) is 2.94. The number of aryl methyl sites for hydroxylation is 1. The van der Waals surface area contributed by atoms with Crippen molar-refractivity contribution in [2.45, 2.75) is 25.3 Å². The van der Waals surface area contributed by atoms with Crippen molar-refractivity contribution in [2.24, 2.45) is 5.92 Å². The summed E-state index contributed by atoms with van der Waals surface area (Å²) in [5.74, 6) is -1.22. The second kappa shape index (κ2) is 6.72. The van der Waals surface area contributed by atoms with Gasteiger partial charge in [0.15, 0.2) is 0 Å². The molecule has 2 aliphatic rings. The van der Waals surface area contributed by atoms with Gasteiger partial charge in [-0.2, -0.15) is 0 Å². The van der Waals surface area contributed by atoms with Gasteiger partial charge < -0.3 is 10.2 Å². The number of rotatable bonds is 3. The summed E-state index contributed by atoms with van der Waals surface area (Å²) in [5, 5.41) is 3.05. The van der Waals surface area contributed by atoms with Gasteiger partial charge in [-0.15, -0.1) is 0 Å². The molecule has 0 bridgehead atoms. The molecule has 2 aromatic carbocycles. The summed E-state index contributed by atoms with van der Waals surface area (Å²) in [6.07, 6.45) is 1.98. The van der Waals surface area contributed by atoms with Crippen molar-refractivity contribution >= 4 is 29.1 Å². The monoisotopic (exact) mass is 372 g/mol. The van der Waals surface area contributed by atoms with E-state index >= 15 is 0 Å². The molecule has 0 aromatic heterocycles. The Morgan fingerprint density at radius 2 is 2.04 bits per heavy atom. The molecule has 0 unspecified atom stereocenters. The molecule has 4 rings (SSSR count). The number of hydrogen-bond acceptors (Lipinski definition) is 2. The van der Waals surface area contributed by atoms with Gasteiger partial charge >= 0.3 is 0 Å². The van der Waals surface area contributed by atoms with Crippen LogP contribution in [-0.2, 0) is 16.0 Å². The van der Waals surface area contributed by atoms with Gasteiger partial charge in [-0.25, -0.2) is 4.39 Å². The molecule has 1 saturated heterocycles. The van der Waals surface area contributed by atoms with E-state index in [1.165, 1.54) is 28.7 Å². The van der Waals surface area contributed by atoms with Crippen molar-refractivity contribution in [1.29, 1.82) is 0 Å². The molecule has 4 nitrogen and oxygen atoms in total. The summed E-state index contributed by atoms with van der Waals surface area (Å²) in [7, 11) is 0. The van der Waals surface area contributed by atoms with Crippen LogP contribution in [0.3, 0.4) is 0 Å². The molecule has 6 heteroatoms. The molecule has 0 saturated carbocycles. The lowest BCUT2D eigenvalue weighted by molar-refractivity contribution is -0.127. The van der Waals surface area contributed by atoms with Crippen LogP contribution in [0.1, 0.15) is 30.0 Å². The van der Waals surface area contributed by atoms with Gasteiger partial charge in [0.25, 0.3) is 0 Å². The second-order valence-electron chi connectivity index (χ2n) is 6.80. The molecule has 26 heavy (non-hydrogen) atoms. The fourth-order valence-corrected chi connectivity index (χ4v) is 3.96. The molecule has 134 valence electrons. The van der Waals surface area contributed by atoms with E-state index in [1.54, 1.807) is 0 Å². The standard InChI is InChI=1S/C20H18ClFN2O2/c21-16-10-14(6-7-17(16)22)24-11-13(9-19(24)25)20(26)23-18-8-5-12-3-1-2-4-15(12)18/h1-4,6-7,10,13,18H,5,8-9,11H2,(H,23,26)/t13-,18+/m0/s1. The fourth-order valence-electron chi connectivity index (χ4n) is 3.78. The third-order valence-corrected chi connectivity index (χ3v) is 5.45. The minimum atomic E-state index is -0.531. The topological polar surface area (TPSA) is 49.4 Å². The average molecular weight is 373 g/mol. The smallest absolute Gasteiger partial charge is 0.227 e. The number of carbonyl (C=O) groups is 2. The third-order valence-electron chi connectivity index (χ3n) is 5.16. The number of nitrogens with zero attached hydrogens (tertiary/aromatic N) is 1. The van der Waals surface area contributed by atoms with Gasteiger partial charge in [-0.3, -0.25) is 9.59 Å². The van der Waals surface area contributed by atoms with E-state index in [9.17, 15) is 14.0 Å². The highest BCUT2D eigenvalue weighted by Crippen LogP contribution is 2.32. The van der Waals surface area contributed by atoms with Crippen LogP contribution in [0.4, 0.5) is 10.1 Å². The number of anilines is 1. The van der Waals surface area contributed by atoms with Crippen molar-refractivity contribution in [3.63, 3.8) is 0 Å². The lowest BCUT2D eigenvalue weighted by atomic mass is 10.1. The Morgan fingerprint density at radius 1 is 1.23 bits per heavy atom. The van der Waals surface area contributed by atoms with Gasteiger partial charge in [0.2, 0.25) is 11.8 Å². The zero-order valence-electron chi connectivity index (χ0n) is 14.0. The number of halogens is 2. The van der Waals surface area contributed by atoms with Crippen molar-refractivity contribution < 1.29 is 14.0 Å². The summed E-state index contributed by atoms with van der Waals surface area (Å²) < 4.78 is 13.3. The van der Waals surface area contributed by atoms with Crippen molar-refractivity contribution in [3.8, 4) is 0 Å². The van der Waals surface area contributed by atoms with E-state index in [4.69, 9.17) is 11.6 Å². The highest BCUT2D eigenvalue weighted by Gasteiger charge is 2.36. The van der Waals surface area contributed by atoms with E-state index in [2.05, 4.69) is 11.4 Å². The normalized spacial score (nSPS) is 21.8.